The minimum Gasteiger partial charge on any atom is -0.492 e. The summed E-state index contributed by atoms with van der Waals surface area (Å²) < 4.78 is 5.66. The van der Waals surface area contributed by atoms with E-state index in [0.29, 0.717) is 28.4 Å². The van der Waals surface area contributed by atoms with Crippen molar-refractivity contribution in [2.24, 2.45) is 0 Å². The van der Waals surface area contributed by atoms with E-state index in [-0.39, 0.29) is 0 Å². The molecule has 1 N–H and O–H groups in total. The van der Waals surface area contributed by atoms with Gasteiger partial charge in [-0.25, -0.2) is 0 Å². The molecule has 0 aliphatic carbocycles. The Bertz CT molecular complexity index is 364. The molecule has 0 aromatic heterocycles. The molecule has 1 fully saturated rings. The van der Waals surface area contributed by atoms with Crippen LogP contribution in [0.5, 0.6) is 5.75 Å². The molecule has 1 aliphatic rings. The number of hydrogen-bond acceptors (Lipinski definition) is 2. The summed E-state index contributed by atoms with van der Waals surface area (Å²) in [7, 11) is 0. The van der Waals surface area contributed by atoms with Gasteiger partial charge in [-0.1, -0.05) is 29.6 Å². The highest BCUT2D eigenvalue weighted by Gasteiger charge is 2.12. The third-order valence-electron chi connectivity index (χ3n) is 3.03. The predicted octanol–water partition coefficient (Wildman–Crippen LogP) is 3.90. The van der Waals surface area contributed by atoms with E-state index in [2.05, 4.69) is 5.32 Å². The molecule has 1 aromatic rings. The minimum absolute atomic E-state index is 0.578. The number of halogens is 2. The molecule has 1 heterocycles. The summed E-state index contributed by atoms with van der Waals surface area (Å²) in [5.74, 6) is 0.715. The van der Waals surface area contributed by atoms with Crippen molar-refractivity contribution in [3.8, 4) is 5.75 Å². The Balaban J connectivity index is 1.77. The zero-order valence-corrected chi connectivity index (χ0v) is 11.2. The fourth-order valence-corrected chi connectivity index (χ4v) is 2.54. The predicted molar refractivity (Wildman–Crippen MR) is 72.2 cm³/mol. The quantitative estimate of drug-likeness (QED) is 0.899. The maximum atomic E-state index is 6.03. The molecule has 1 saturated heterocycles. The van der Waals surface area contributed by atoms with Crippen LogP contribution in [0.15, 0.2) is 18.2 Å². The van der Waals surface area contributed by atoms with Gasteiger partial charge in [-0.05, 0) is 44.0 Å². The molecule has 2 nitrogen and oxygen atoms in total. The van der Waals surface area contributed by atoms with Crippen molar-refractivity contribution in [3.05, 3.63) is 28.2 Å². The molecular formula is C13H17Cl2NO. The first kappa shape index (κ1) is 13.0. The first-order valence-corrected chi connectivity index (χ1v) is 6.82. The van der Waals surface area contributed by atoms with Crippen LogP contribution in [0.3, 0.4) is 0 Å². The van der Waals surface area contributed by atoms with Crippen LogP contribution in [0.25, 0.3) is 0 Å². The molecule has 94 valence electrons. The second kappa shape index (κ2) is 6.48. The number of benzene rings is 1. The van der Waals surface area contributed by atoms with Crippen molar-refractivity contribution in [1.82, 2.24) is 5.32 Å². The Labute approximate surface area is 112 Å². The summed E-state index contributed by atoms with van der Waals surface area (Å²) in [4.78, 5) is 0. The van der Waals surface area contributed by atoms with Crippen LogP contribution in [0.2, 0.25) is 10.0 Å². The second-order valence-corrected chi connectivity index (χ2v) is 5.20. The lowest BCUT2D eigenvalue weighted by Gasteiger charge is -2.23. The van der Waals surface area contributed by atoms with Gasteiger partial charge in [0.15, 0.2) is 0 Å². The van der Waals surface area contributed by atoms with Crippen molar-refractivity contribution in [3.63, 3.8) is 0 Å². The smallest absolute Gasteiger partial charge is 0.137 e. The summed E-state index contributed by atoms with van der Waals surface area (Å²) >= 11 is 11.8. The normalized spacial score (nSPS) is 20.2. The SMILES string of the molecule is Clc1ccc(OCCC2CCCCN2)c(Cl)c1. The van der Waals surface area contributed by atoms with Crippen LogP contribution in [0.4, 0.5) is 0 Å². The standard InChI is InChI=1S/C13H17Cl2NO/c14-10-4-5-13(12(15)9-10)17-8-6-11-3-1-2-7-16-11/h4-5,9,11,16H,1-3,6-8H2. The van der Waals surface area contributed by atoms with E-state index in [1.807, 2.05) is 6.07 Å². The van der Waals surface area contributed by atoms with Crippen LogP contribution < -0.4 is 10.1 Å². The number of rotatable bonds is 4. The summed E-state index contributed by atoms with van der Waals surface area (Å²) in [5.41, 5.74) is 0. The fraction of sp³-hybridized carbons (Fsp3) is 0.538. The van der Waals surface area contributed by atoms with Gasteiger partial charge in [-0.2, -0.15) is 0 Å². The second-order valence-electron chi connectivity index (χ2n) is 4.36. The average molecular weight is 274 g/mol. The first-order chi connectivity index (χ1) is 8.25. The lowest BCUT2D eigenvalue weighted by Crippen LogP contribution is -2.35. The van der Waals surface area contributed by atoms with E-state index in [1.165, 1.54) is 19.3 Å². The molecule has 0 radical (unpaired) electrons. The number of hydrogen-bond donors (Lipinski definition) is 1. The molecule has 17 heavy (non-hydrogen) atoms. The highest BCUT2D eigenvalue weighted by Crippen LogP contribution is 2.27. The van der Waals surface area contributed by atoms with Crippen molar-refractivity contribution in [1.29, 1.82) is 0 Å². The number of piperidine rings is 1. The molecular weight excluding hydrogens is 257 g/mol. The summed E-state index contributed by atoms with van der Waals surface area (Å²) in [5, 5.41) is 4.71. The molecule has 4 heteroatoms. The lowest BCUT2D eigenvalue weighted by atomic mass is 10.0. The fourth-order valence-electron chi connectivity index (χ4n) is 2.07. The van der Waals surface area contributed by atoms with Crippen LogP contribution in [-0.4, -0.2) is 19.2 Å². The molecule has 2 rings (SSSR count). The molecule has 1 aromatic carbocycles. The largest absolute Gasteiger partial charge is 0.492 e. The van der Waals surface area contributed by atoms with Gasteiger partial charge in [0.05, 0.1) is 11.6 Å². The van der Waals surface area contributed by atoms with Gasteiger partial charge < -0.3 is 10.1 Å². The van der Waals surface area contributed by atoms with E-state index in [0.717, 1.165) is 13.0 Å². The van der Waals surface area contributed by atoms with Crippen LogP contribution >= 0.6 is 23.2 Å². The molecule has 0 amide bonds. The Kier molecular flexibility index (Phi) is 4.96. The molecule has 1 unspecified atom stereocenters. The van der Waals surface area contributed by atoms with Crippen molar-refractivity contribution in [2.75, 3.05) is 13.2 Å². The van der Waals surface area contributed by atoms with Gasteiger partial charge in [-0.15, -0.1) is 0 Å². The Morgan fingerprint density at radius 3 is 2.88 bits per heavy atom. The van der Waals surface area contributed by atoms with Gasteiger partial charge in [0.2, 0.25) is 0 Å². The summed E-state index contributed by atoms with van der Waals surface area (Å²) in [6.07, 6.45) is 4.89. The van der Waals surface area contributed by atoms with Gasteiger partial charge in [0.25, 0.3) is 0 Å². The van der Waals surface area contributed by atoms with Crippen LogP contribution in [-0.2, 0) is 0 Å². The third kappa shape index (κ3) is 4.06. The molecule has 1 aliphatic heterocycles. The Morgan fingerprint density at radius 2 is 2.18 bits per heavy atom. The Hall–Kier alpha value is -0.440. The van der Waals surface area contributed by atoms with E-state index in [9.17, 15) is 0 Å². The van der Waals surface area contributed by atoms with Gasteiger partial charge in [0.1, 0.15) is 5.75 Å². The highest BCUT2D eigenvalue weighted by molar-refractivity contribution is 6.35. The van der Waals surface area contributed by atoms with E-state index in [4.69, 9.17) is 27.9 Å². The maximum Gasteiger partial charge on any atom is 0.137 e. The topological polar surface area (TPSA) is 21.3 Å². The number of ether oxygens (including phenoxy) is 1. The van der Waals surface area contributed by atoms with Gasteiger partial charge in [-0.3, -0.25) is 0 Å². The molecule has 0 saturated carbocycles. The lowest BCUT2D eigenvalue weighted by molar-refractivity contribution is 0.268. The van der Waals surface area contributed by atoms with Crippen molar-refractivity contribution >= 4 is 23.2 Å². The average Bonchev–Trinajstić information content (AvgIpc) is 2.33. The van der Waals surface area contributed by atoms with E-state index >= 15 is 0 Å². The van der Waals surface area contributed by atoms with Gasteiger partial charge >= 0.3 is 0 Å². The molecule has 0 bridgehead atoms. The highest BCUT2D eigenvalue weighted by atomic mass is 35.5. The monoisotopic (exact) mass is 273 g/mol. The summed E-state index contributed by atoms with van der Waals surface area (Å²) in [6.45, 7) is 1.82. The molecule has 1 atom stereocenters. The number of nitrogens with one attached hydrogen (secondary N) is 1. The van der Waals surface area contributed by atoms with Crippen LogP contribution in [0.1, 0.15) is 25.7 Å². The zero-order chi connectivity index (χ0) is 12.1. The van der Waals surface area contributed by atoms with E-state index in [1.54, 1.807) is 12.1 Å². The zero-order valence-electron chi connectivity index (χ0n) is 9.72. The molecule has 0 spiro atoms. The maximum absolute atomic E-state index is 6.03. The van der Waals surface area contributed by atoms with E-state index < -0.39 is 0 Å². The van der Waals surface area contributed by atoms with Crippen molar-refractivity contribution in [2.45, 2.75) is 31.7 Å². The Morgan fingerprint density at radius 1 is 1.29 bits per heavy atom. The van der Waals surface area contributed by atoms with Gasteiger partial charge in [0, 0.05) is 11.1 Å². The summed E-state index contributed by atoms with van der Waals surface area (Å²) in [6, 6.07) is 5.91. The van der Waals surface area contributed by atoms with Crippen LogP contribution in [0, 0.1) is 0 Å². The minimum atomic E-state index is 0.578. The third-order valence-corrected chi connectivity index (χ3v) is 3.56. The first-order valence-electron chi connectivity index (χ1n) is 6.07. The van der Waals surface area contributed by atoms with Crippen molar-refractivity contribution < 1.29 is 4.74 Å².